The van der Waals surface area contributed by atoms with Crippen molar-refractivity contribution in [1.29, 1.82) is 0 Å². The van der Waals surface area contributed by atoms with E-state index in [1.807, 2.05) is 24.4 Å². The van der Waals surface area contributed by atoms with Gasteiger partial charge in [-0.3, -0.25) is 4.99 Å². The van der Waals surface area contributed by atoms with Crippen LogP contribution in [0.25, 0.3) is 11.3 Å². The Morgan fingerprint density at radius 2 is 2.05 bits per heavy atom. The second kappa shape index (κ2) is 7.33. The number of hydrogen-bond acceptors (Lipinski definition) is 2. The maximum Gasteiger partial charge on any atom is 0.191 e. The summed E-state index contributed by atoms with van der Waals surface area (Å²) in [6.45, 7) is 3.66. The topological polar surface area (TPSA) is 65.1 Å². The molecule has 0 saturated carbocycles. The van der Waals surface area contributed by atoms with Crippen molar-refractivity contribution in [3.8, 4) is 11.3 Å². The first kappa shape index (κ1) is 14.1. The molecule has 0 amide bonds. The molecule has 1 aromatic heterocycles. The Labute approximate surface area is 119 Å². The number of rotatable bonds is 5. The maximum atomic E-state index is 4.38. The first-order valence-electron chi connectivity index (χ1n) is 6.87. The van der Waals surface area contributed by atoms with E-state index in [4.69, 9.17) is 0 Å². The highest BCUT2D eigenvalue weighted by Gasteiger charge is 2.03. The first-order valence-corrected chi connectivity index (χ1v) is 6.87. The molecular weight excluding hydrogens is 250 g/mol. The molecule has 0 radical (unpaired) electrons. The minimum atomic E-state index is 0.621. The van der Waals surface area contributed by atoms with Crippen LogP contribution in [-0.4, -0.2) is 29.5 Å². The van der Waals surface area contributed by atoms with Crippen molar-refractivity contribution in [3.63, 3.8) is 0 Å². The predicted molar refractivity (Wildman–Crippen MR) is 82.5 cm³/mol. The zero-order valence-electron chi connectivity index (χ0n) is 12.0. The van der Waals surface area contributed by atoms with E-state index in [0.717, 1.165) is 36.0 Å². The van der Waals surface area contributed by atoms with Gasteiger partial charge in [-0.1, -0.05) is 37.3 Å². The predicted octanol–water partition coefficient (Wildman–Crippen LogP) is 2.15. The molecule has 0 spiro atoms. The average Bonchev–Trinajstić information content (AvgIpc) is 2.97. The molecule has 1 heterocycles. The van der Waals surface area contributed by atoms with Crippen molar-refractivity contribution in [2.45, 2.75) is 19.9 Å². The Morgan fingerprint density at radius 1 is 1.25 bits per heavy atom. The van der Waals surface area contributed by atoms with Crippen LogP contribution in [0.4, 0.5) is 0 Å². The van der Waals surface area contributed by atoms with Crippen molar-refractivity contribution in [1.82, 2.24) is 20.6 Å². The van der Waals surface area contributed by atoms with Crippen molar-refractivity contribution in [2.24, 2.45) is 4.99 Å². The van der Waals surface area contributed by atoms with E-state index in [9.17, 15) is 0 Å². The molecule has 0 aliphatic carbocycles. The van der Waals surface area contributed by atoms with Crippen LogP contribution in [0, 0.1) is 0 Å². The van der Waals surface area contributed by atoms with Gasteiger partial charge in [-0.25, -0.2) is 4.98 Å². The summed E-state index contributed by atoms with van der Waals surface area (Å²) in [5.41, 5.74) is 2.17. The van der Waals surface area contributed by atoms with E-state index >= 15 is 0 Å². The molecular formula is C15H21N5. The third-order valence-electron chi connectivity index (χ3n) is 2.90. The highest BCUT2D eigenvalue weighted by molar-refractivity contribution is 5.79. The second-order valence-electron chi connectivity index (χ2n) is 4.46. The number of H-pyrrole nitrogens is 1. The standard InChI is InChI=1S/C15H21N5/c1-3-9-17-15(16-2)19-11-14-18-10-13(20-14)12-7-5-4-6-8-12/h4-8,10H,3,9,11H2,1-2H3,(H,18,20)(H2,16,17,19). The summed E-state index contributed by atoms with van der Waals surface area (Å²) in [7, 11) is 1.77. The van der Waals surface area contributed by atoms with Crippen LogP contribution in [0.2, 0.25) is 0 Å². The zero-order valence-corrected chi connectivity index (χ0v) is 12.0. The number of nitrogens with one attached hydrogen (secondary N) is 3. The Morgan fingerprint density at radius 3 is 2.75 bits per heavy atom. The third-order valence-corrected chi connectivity index (χ3v) is 2.90. The molecule has 0 saturated heterocycles. The molecule has 20 heavy (non-hydrogen) atoms. The van der Waals surface area contributed by atoms with E-state index in [2.05, 4.69) is 44.7 Å². The van der Waals surface area contributed by atoms with E-state index < -0.39 is 0 Å². The number of guanidine groups is 1. The molecule has 3 N–H and O–H groups in total. The van der Waals surface area contributed by atoms with Crippen molar-refractivity contribution < 1.29 is 0 Å². The van der Waals surface area contributed by atoms with Crippen molar-refractivity contribution in [3.05, 3.63) is 42.4 Å². The first-order chi connectivity index (χ1) is 9.83. The highest BCUT2D eigenvalue weighted by atomic mass is 15.2. The molecule has 5 nitrogen and oxygen atoms in total. The largest absolute Gasteiger partial charge is 0.356 e. The number of benzene rings is 1. The van der Waals surface area contributed by atoms with Gasteiger partial charge < -0.3 is 15.6 Å². The summed E-state index contributed by atoms with van der Waals surface area (Å²) in [4.78, 5) is 11.8. The number of aromatic amines is 1. The van der Waals surface area contributed by atoms with Crippen LogP contribution in [0.15, 0.2) is 41.5 Å². The molecule has 0 bridgehead atoms. The molecule has 0 fully saturated rings. The Kier molecular flexibility index (Phi) is 5.17. The minimum absolute atomic E-state index is 0.621. The number of aromatic nitrogens is 2. The Bertz CT molecular complexity index is 544. The van der Waals surface area contributed by atoms with Gasteiger partial charge in [0.05, 0.1) is 18.4 Å². The van der Waals surface area contributed by atoms with Gasteiger partial charge in [0, 0.05) is 13.6 Å². The average molecular weight is 271 g/mol. The van der Waals surface area contributed by atoms with Gasteiger partial charge in [0.1, 0.15) is 5.82 Å². The van der Waals surface area contributed by atoms with Crippen molar-refractivity contribution in [2.75, 3.05) is 13.6 Å². The number of imidazole rings is 1. The lowest BCUT2D eigenvalue weighted by Gasteiger charge is -2.09. The number of hydrogen-bond donors (Lipinski definition) is 3. The second-order valence-corrected chi connectivity index (χ2v) is 4.46. The Balaban J connectivity index is 1.93. The minimum Gasteiger partial charge on any atom is -0.356 e. The summed E-state index contributed by atoms with van der Waals surface area (Å²) in [6, 6.07) is 10.2. The van der Waals surface area contributed by atoms with Crippen LogP contribution in [0.5, 0.6) is 0 Å². The molecule has 2 rings (SSSR count). The van der Waals surface area contributed by atoms with Crippen LogP contribution in [0.3, 0.4) is 0 Å². The summed E-state index contributed by atoms with van der Waals surface area (Å²) in [5.74, 6) is 1.69. The highest BCUT2D eigenvalue weighted by Crippen LogP contribution is 2.15. The SMILES string of the molecule is CCCNC(=NC)NCc1ncc(-c2ccccc2)[nH]1. The summed E-state index contributed by atoms with van der Waals surface area (Å²) >= 11 is 0. The lowest BCUT2D eigenvalue weighted by atomic mass is 10.2. The smallest absolute Gasteiger partial charge is 0.191 e. The van der Waals surface area contributed by atoms with Crippen molar-refractivity contribution >= 4 is 5.96 Å². The fourth-order valence-electron chi connectivity index (χ4n) is 1.85. The monoisotopic (exact) mass is 271 g/mol. The molecule has 0 atom stereocenters. The lowest BCUT2D eigenvalue weighted by molar-refractivity contribution is 0.764. The number of nitrogens with zero attached hydrogens (tertiary/aromatic N) is 2. The zero-order chi connectivity index (χ0) is 14.2. The molecule has 1 aromatic carbocycles. The van der Waals surface area contributed by atoms with Crippen LogP contribution >= 0.6 is 0 Å². The van der Waals surface area contributed by atoms with Crippen LogP contribution in [-0.2, 0) is 6.54 Å². The molecule has 0 aliphatic rings. The quantitative estimate of drug-likeness (QED) is 0.576. The van der Waals surface area contributed by atoms with Gasteiger partial charge in [-0.15, -0.1) is 0 Å². The Hall–Kier alpha value is -2.30. The molecule has 0 aliphatic heterocycles. The maximum absolute atomic E-state index is 4.38. The van der Waals surface area contributed by atoms with Crippen LogP contribution in [0.1, 0.15) is 19.2 Å². The molecule has 5 heteroatoms. The van der Waals surface area contributed by atoms with Gasteiger partial charge >= 0.3 is 0 Å². The van der Waals surface area contributed by atoms with Crippen LogP contribution < -0.4 is 10.6 Å². The van der Waals surface area contributed by atoms with Gasteiger partial charge in [0.2, 0.25) is 0 Å². The summed E-state index contributed by atoms with van der Waals surface area (Å²) < 4.78 is 0. The van der Waals surface area contributed by atoms with Gasteiger partial charge in [-0.2, -0.15) is 0 Å². The lowest BCUT2D eigenvalue weighted by Crippen LogP contribution is -2.37. The van der Waals surface area contributed by atoms with Gasteiger partial charge in [0.25, 0.3) is 0 Å². The van der Waals surface area contributed by atoms with E-state index in [-0.39, 0.29) is 0 Å². The number of aliphatic imine (C=N–C) groups is 1. The normalized spacial score (nSPS) is 11.4. The summed E-state index contributed by atoms with van der Waals surface area (Å²) in [6.07, 6.45) is 2.92. The fraction of sp³-hybridized carbons (Fsp3) is 0.333. The molecule has 106 valence electrons. The van der Waals surface area contributed by atoms with E-state index in [0.29, 0.717) is 6.54 Å². The molecule has 0 unspecified atom stereocenters. The van der Waals surface area contributed by atoms with Gasteiger partial charge in [0.15, 0.2) is 5.96 Å². The molecule has 2 aromatic rings. The fourth-order valence-corrected chi connectivity index (χ4v) is 1.85. The van der Waals surface area contributed by atoms with Gasteiger partial charge in [-0.05, 0) is 12.0 Å². The summed E-state index contributed by atoms with van der Waals surface area (Å²) in [5, 5.41) is 6.46. The van der Waals surface area contributed by atoms with E-state index in [1.165, 1.54) is 0 Å². The third kappa shape index (κ3) is 3.85. The van der Waals surface area contributed by atoms with E-state index in [1.54, 1.807) is 7.05 Å².